The van der Waals surface area contributed by atoms with E-state index in [9.17, 15) is 4.79 Å². The molecular formula is C17H15N3O2. The minimum absolute atomic E-state index is 0.0471. The zero-order chi connectivity index (χ0) is 15.2. The number of hydrogen-bond donors (Lipinski definition) is 1. The first-order valence-corrected chi connectivity index (χ1v) is 6.96. The highest BCUT2D eigenvalue weighted by molar-refractivity contribution is 5.78. The maximum absolute atomic E-state index is 11.9. The molecule has 1 aromatic carbocycles. The van der Waals surface area contributed by atoms with Gasteiger partial charge < -0.3 is 9.84 Å². The van der Waals surface area contributed by atoms with E-state index in [2.05, 4.69) is 15.5 Å². The van der Waals surface area contributed by atoms with Gasteiger partial charge in [0.2, 0.25) is 5.91 Å². The van der Waals surface area contributed by atoms with Gasteiger partial charge in [0.1, 0.15) is 6.26 Å². The first kappa shape index (κ1) is 14.0. The number of rotatable bonds is 5. The smallest absolute Gasteiger partial charge is 0.226 e. The van der Waals surface area contributed by atoms with Gasteiger partial charge in [-0.3, -0.25) is 9.78 Å². The Labute approximate surface area is 128 Å². The zero-order valence-corrected chi connectivity index (χ0v) is 11.9. The lowest BCUT2D eigenvalue weighted by atomic mass is 10.1. The van der Waals surface area contributed by atoms with Crippen LogP contribution < -0.4 is 5.32 Å². The number of aromatic nitrogens is 2. The average molecular weight is 293 g/mol. The summed E-state index contributed by atoms with van der Waals surface area (Å²) in [5, 5.41) is 6.54. The Bertz CT molecular complexity index is 722. The fourth-order valence-corrected chi connectivity index (χ4v) is 2.07. The van der Waals surface area contributed by atoms with Crippen LogP contribution in [0, 0.1) is 0 Å². The molecule has 0 saturated heterocycles. The van der Waals surface area contributed by atoms with Gasteiger partial charge in [0.25, 0.3) is 0 Å². The minimum atomic E-state index is -0.0471. The summed E-state index contributed by atoms with van der Waals surface area (Å²) in [6.07, 6.45) is 5.16. The van der Waals surface area contributed by atoms with Crippen molar-refractivity contribution in [2.45, 2.75) is 13.0 Å². The van der Waals surface area contributed by atoms with Crippen LogP contribution in [0.15, 0.2) is 65.6 Å². The number of nitrogens with zero attached hydrogens (tertiary/aromatic N) is 2. The molecule has 0 fully saturated rings. The van der Waals surface area contributed by atoms with Crippen LogP contribution in [0.3, 0.4) is 0 Å². The molecule has 1 N–H and O–H groups in total. The number of carbonyl (C=O) groups excluding carboxylic acids is 1. The summed E-state index contributed by atoms with van der Waals surface area (Å²) in [5.74, 6) is -0.0471. The molecule has 0 spiro atoms. The van der Waals surface area contributed by atoms with Gasteiger partial charge in [-0.25, -0.2) is 0 Å². The van der Waals surface area contributed by atoms with E-state index in [4.69, 9.17) is 4.52 Å². The predicted octanol–water partition coefficient (Wildman–Crippen LogP) is 2.60. The van der Waals surface area contributed by atoms with Crippen LogP contribution in [0.5, 0.6) is 0 Å². The van der Waals surface area contributed by atoms with Crippen molar-refractivity contribution in [3.63, 3.8) is 0 Å². The molecule has 5 heteroatoms. The van der Waals surface area contributed by atoms with Crippen LogP contribution in [0.25, 0.3) is 11.1 Å². The summed E-state index contributed by atoms with van der Waals surface area (Å²) in [6.45, 7) is 0.526. The number of carbonyl (C=O) groups is 1. The van der Waals surface area contributed by atoms with Gasteiger partial charge in [-0.15, -0.1) is 0 Å². The highest BCUT2D eigenvalue weighted by Crippen LogP contribution is 2.17. The van der Waals surface area contributed by atoms with Crippen LogP contribution in [-0.2, 0) is 17.8 Å². The number of benzene rings is 1. The minimum Gasteiger partial charge on any atom is -0.364 e. The third kappa shape index (κ3) is 3.58. The molecule has 2 aromatic heterocycles. The van der Waals surface area contributed by atoms with E-state index < -0.39 is 0 Å². The first-order valence-electron chi connectivity index (χ1n) is 6.96. The van der Waals surface area contributed by atoms with Crippen molar-refractivity contribution in [1.82, 2.24) is 15.5 Å². The quantitative estimate of drug-likeness (QED) is 0.785. The maximum Gasteiger partial charge on any atom is 0.226 e. The van der Waals surface area contributed by atoms with Crippen molar-refractivity contribution in [2.24, 2.45) is 0 Å². The van der Waals surface area contributed by atoms with Gasteiger partial charge in [0, 0.05) is 29.6 Å². The fraction of sp³-hybridized carbons (Fsp3) is 0.118. The molecule has 0 aliphatic carbocycles. The van der Waals surface area contributed by atoms with Crippen LogP contribution in [-0.4, -0.2) is 16.0 Å². The van der Waals surface area contributed by atoms with Gasteiger partial charge in [-0.05, 0) is 11.6 Å². The Kier molecular flexibility index (Phi) is 4.25. The van der Waals surface area contributed by atoms with Crippen molar-refractivity contribution in [1.29, 1.82) is 0 Å². The maximum atomic E-state index is 11.9. The third-order valence-corrected chi connectivity index (χ3v) is 3.26. The van der Waals surface area contributed by atoms with Gasteiger partial charge in [-0.1, -0.05) is 41.6 Å². The van der Waals surface area contributed by atoms with E-state index in [0.29, 0.717) is 6.54 Å². The summed E-state index contributed by atoms with van der Waals surface area (Å²) in [7, 11) is 0. The van der Waals surface area contributed by atoms with E-state index in [1.54, 1.807) is 18.7 Å². The zero-order valence-electron chi connectivity index (χ0n) is 11.9. The molecule has 2 heterocycles. The normalized spacial score (nSPS) is 10.4. The standard InChI is InChI=1S/C17H15N3O2/c21-17(19-9-13-4-2-1-3-5-13)8-16-7-6-14(10-18-16)15-11-20-22-12-15/h1-7,10-12H,8-9H2,(H,19,21). The molecule has 110 valence electrons. The van der Waals surface area contributed by atoms with E-state index in [0.717, 1.165) is 22.4 Å². The van der Waals surface area contributed by atoms with E-state index in [-0.39, 0.29) is 12.3 Å². The topological polar surface area (TPSA) is 68.0 Å². The van der Waals surface area contributed by atoms with Gasteiger partial charge in [0.05, 0.1) is 12.6 Å². The molecule has 22 heavy (non-hydrogen) atoms. The SMILES string of the molecule is O=C(Cc1ccc(-c2cnoc2)cn1)NCc1ccccc1. The Morgan fingerprint density at radius 2 is 1.91 bits per heavy atom. The van der Waals surface area contributed by atoms with Crippen molar-refractivity contribution < 1.29 is 9.32 Å². The number of nitrogens with one attached hydrogen (secondary N) is 1. The molecule has 0 radical (unpaired) electrons. The average Bonchev–Trinajstić information content (AvgIpc) is 3.09. The van der Waals surface area contributed by atoms with Crippen molar-refractivity contribution in [3.05, 3.63) is 72.4 Å². The van der Waals surface area contributed by atoms with Gasteiger partial charge in [0.15, 0.2) is 0 Å². The van der Waals surface area contributed by atoms with Crippen LogP contribution >= 0.6 is 0 Å². The molecule has 5 nitrogen and oxygen atoms in total. The van der Waals surface area contributed by atoms with E-state index >= 15 is 0 Å². The summed E-state index contributed by atoms with van der Waals surface area (Å²) in [6, 6.07) is 13.5. The van der Waals surface area contributed by atoms with E-state index in [1.165, 1.54) is 0 Å². The Balaban J connectivity index is 1.55. The molecule has 0 saturated carbocycles. The Morgan fingerprint density at radius 3 is 2.59 bits per heavy atom. The van der Waals surface area contributed by atoms with Crippen molar-refractivity contribution >= 4 is 5.91 Å². The summed E-state index contributed by atoms with van der Waals surface area (Å²) in [4.78, 5) is 16.2. The molecule has 0 aliphatic heterocycles. The molecule has 0 unspecified atom stereocenters. The second-order valence-corrected chi connectivity index (χ2v) is 4.89. The molecule has 0 atom stereocenters. The summed E-state index contributed by atoms with van der Waals surface area (Å²) in [5.41, 5.74) is 3.58. The van der Waals surface area contributed by atoms with Gasteiger partial charge in [-0.2, -0.15) is 0 Å². The Hall–Kier alpha value is -2.95. The lowest BCUT2D eigenvalue weighted by Gasteiger charge is -2.05. The first-order chi connectivity index (χ1) is 10.8. The van der Waals surface area contributed by atoms with Crippen molar-refractivity contribution in [2.75, 3.05) is 0 Å². The lowest BCUT2D eigenvalue weighted by Crippen LogP contribution is -2.24. The highest BCUT2D eigenvalue weighted by atomic mass is 16.5. The number of hydrogen-bond acceptors (Lipinski definition) is 4. The largest absolute Gasteiger partial charge is 0.364 e. The Morgan fingerprint density at radius 1 is 1.05 bits per heavy atom. The predicted molar refractivity (Wildman–Crippen MR) is 81.7 cm³/mol. The number of amides is 1. The third-order valence-electron chi connectivity index (χ3n) is 3.26. The molecule has 0 aliphatic rings. The highest BCUT2D eigenvalue weighted by Gasteiger charge is 2.06. The molecule has 0 bridgehead atoms. The second kappa shape index (κ2) is 6.67. The van der Waals surface area contributed by atoms with Crippen LogP contribution in [0.1, 0.15) is 11.3 Å². The molecule has 1 amide bonds. The van der Waals surface area contributed by atoms with Crippen LogP contribution in [0.2, 0.25) is 0 Å². The molecule has 3 aromatic rings. The fourth-order valence-electron chi connectivity index (χ4n) is 2.07. The molecule has 3 rings (SSSR count). The second-order valence-electron chi connectivity index (χ2n) is 4.89. The lowest BCUT2D eigenvalue weighted by molar-refractivity contribution is -0.120. The molecular weight excluding hydrogens is 278 g/mol. The summed E-state index contributed by atoms with van der Waals surface area (Å²) >= 11 is 0. The number of pyridine rings is 1. The monoisotopic (exact) mass is 293 g/mol. The van der Waals surface area contributed by atoms with Gasteiger partial charge >= 0.3 is 0 Å². The van der Waals surface area contributed by atoms with Crippen molar-refractivity contribution in [3.8, 4) is 11.1 Å². The summed E-state index contributed by atoms with van der Waals surface area (Å²) < 4.78 is 4.80. The van der Waals surface area contributed by atoms with E-state index in [1.807, 2.05) is 42.5 Å². The van der Waals surface area contributed by atoms with Crippen LogP contribution in [0.4, 0.5) is 0 Å².